The summed E-state index contributed by atoms with van der Waals surface area (Å²) in [4.78, 5) is 4.23. The smallest absolute Gasteiger partial charge is 0.247 e. The van der Waals surface area contributed by atoms with Crippen LogP contribution in [-0.4, -0.2) is 23.4 Å². The summed E-state index contributed by atoms with van der Waals surface area (Å²) in [7, 11) is 0. The van der Waals surface area contributed by atoms with Gasteiger partial charge in [0, 0.05) is 18.8 Å². The van der Waals surface area contributed by atoms with Gasteiger partial charge in [0.25, 0.3) is 0 Å². The van der Waals surface area contributed by atoms with E-state index >= 15 is 0 Å². The monoisotopic (exact) mass is 359 g/mol. The van der Waals surface area contributed by atoms with Crippen LogP contribution in [0.2, 0.25) is 0 Å². The fourth-order valence-electron chi connectivity index (χ4n) is 2.18. The molecule has 2 aromatic rings. The van der Waals surface area contributed by atoms with Gasteiger partial charge in [-0.15, -0.1) is 0 Å². The van der Waals surface area contributed by atoms with Crippen molar-refractivity contribution in [1.29, 1.82) is 0 Å². The number of benzene rings is 1. The molecule has 0 bridgehead atoms. The van der Waals surface area contributed by atoms with Crippen molar-refractivity contribution >= 4 is 15.9 Å². The van der Waals surface area contributed by atoms with Crippen LogP contribution in [0.4, 0.5) is 8.78 Å². The van der Waals surface area contributed by atoms with Gasteiger partial charge in [0.05, 0.1) is 4.47 Å². The van der Waals surface area contributed by atoms with Crippen molar-refractivity contribution in [1.82, 2.24) is 10.1 Å². The average molecular weight is 360 g/mol. The van der Waals surface area contributed by atoms with Crippen LogP contribution in [0.5, 0.6) is 0 Å². The summed E-state index contributed by atoms with van der Waals surface area (Å²) >= 11 is 3.00. The highest BCUT2D eigenvalue weighted by molar-refractivity contribution is 9.10. The van der Waals surface area contributed by atoms with Crippen molar-refractivity contribution in [2.45, 2.75) is 18.4 Å². The quantitative estimate of drug-likeness (QED) is 0.834. The van der Waals surface area contributed by atoms with Gasteiger partial charge in [0.15, 0.2) is 11.6 Å². The minimum Gasteiger partial charge on any atom is -0.381 e. The van der Waals surface area contributed by atoms with E-state index in [0.717, 1.165) is 6.07 Å². The molecule has 0 amide bonds. The van der Waals surface area contributed by atoms with Gasteiger partial charge in [-0.1, -0.05) is 5.16 Å². The molecule has 0 spiro atoms. The number of hydrogen-bond acceptors (Lipinski definition) is 5. The molecule has 1 fully saturated rings. The summed E-state index contributed by atoms with van der Waals surface area (Å²) in [5, 5.41) is 3.81. The van der Waals surface area contributed by atoms with E-state index in [4.69, 9.17) is 15.0 Å². The highest BCUT2D eigenvalue weighted by Gasteiger charge is 2.36. The minimum absolute atomic E-state index is 0.0482. The maximum Gasteiger partial charge on any atom is 0.247 e. The fourth-order valence-corrected chi connectivity index (χ4v) is 2.68. The number of ether oxygens (including phenoxy) is 1. The van der Waals surface area contributed by atoms with Crippen molar-refractivity contribution in [2.24, 2.45) is 5.73 Å². The Kier molecular flexibility index (Phi) is 3.76. The van der Waals surface area contributed by atoms with Crippen LogP contribution >= 0.6 is 15.9 Å². The molecule has 5 nitrogen and oxygen atoms in total. The molecule has 0 saturated carbocycles. The summed E-state index contributed by atoms with van der Waals surface area (Å²) in [5.41, 5.74) is 5.81. The van der Waals surface area contributed by atoms with Gasteiger partial charge >= 0.3 is 0 Å². The highest BCUT2D eigenvalue weighted by Crippen LogP contribution is 2.33. The van der Waals surface area contributed by atoms with Crippen LogP contribution in [0.15, 0.2) is 21.1 Å². The topological polar surface area (TPSA) is 74.2 Å². The average Bonchev–Trinajstić information content (AvgIpc) is 2.96. The molecule has 0 atom stereocenters. The van der Waals surface area contributed by atoms with Crippen LogP contribution in [-0.2, 0) is 10.3 Å². The second kappa shape index (κ2) is 5.43. The van der Waals surface area contributed by atoms with Crippen LogP contribution in [0.1, 0.15) is 18.7 Å². The van der Waals surface area contributed by atoms with Crippen molar-refractivity contribution in [3.8, 4) is 11.4 Å². The number of nitrogens with two attached hydrogens (primary N) is 1. The molecular weight excluding hydrogens is 348 g/mol. The van der Waals surface area contributed by atoms with E-state index < -0.39 is 17.2 Å². The van der Waals surface area contributed by atoms with Crippen molar-refractivity contribution < 1.29 is 18.0 Å². The van der Waals surface area contributed by atoms with E-state index in [1.807, 2.05) is 0 Å². The zero-order valence-electron chi connectivity index (χ0n) is 10.9. The highest BCUT2D eigenvalue weighted by atomic mass is 79.9. The minimum atomic E-state index is -0.993. The maximum atomic E-state index is 13.6. The molecular formula is C13H12BrF2N3O2. The number of halogens is 3. The van der Waals surface area contributed by atoms with Gasteiger partial charge in [0.1, 0.15) is 5.54 Å². The van der Waals surface area contributed by atoms with Gasteiger partial charge in [-0.2, -0.15) is 4.98 Å². The second-order valence-corrected chi connectivity index (χ2v) is 5.71. The third-order valence-corrected chi connectivity index (χ3v) is 4.29. The van der Waals surface area contributed by atoms with Crippen LogP contribution in [0, 0.1) is 11.6 Å². The standard InChI is InChI=1S/C13H12BrF2N3O2/c14-9-7(1-2-8(15)10(9)16)11-18-12(21-19-11)13(17)3-5-20-6-4-13/h1-2H,3-6,17H2. The zero-order valence-corrected chi connectivity index (χ0v) is 12.5. The summed E-state index contributed by atoms with van der Waals surface area (Å²) < 4.78 is 37.1. The summed E-state index contributed by atoms with van der Waals surface area (Å²) in [6.45, 7) is 1.03. The predicted octanol–water partition coefficient (Wildman–Crippen LogP) is 2.74. The van der Waals surface area contributed by atoms with E-state index in [2.05, 4.69) is 26.1 Å². The summed E-state index contributed by atoms with van der Waals surface area (Å²) in [5.74, 6) is -1.51. The fraction of sp³-hybridized carbons (Fsp3) is 0.385. The molecule has 1 aliphatic heterocycles. The Labute approximate surface area is 127 Å². The van der Waals surface area contributed by atoms with E-state index in [0.29, 0.717) is 31.6 Å². The molecule has 21 heavy (non-hydrogen) atoms. The Morgan fingerprint density at radius 2 is 1.95 bits per heavy atom. The molecule has 0 aliphatic carbocycles. The van der Waals surface area contributed by atoms with Crippen LogP contribution in [0.25, 0.3) is 11.4 Å². The molecule has 3 rings (SSSR count). The molecule has 1 aromatic heterocycles. The molecule has 8 heteroatoms. The lowest BCUT2D eigenvalue weighted by Crippen LogP contribution is -2.42. The third-order valence-electron chi connectivity index (χ3n) is 3.51. The first-order valence-electron chi connectivity index (χ1n) is 6.36. The normalized spacial score (nSPS) is 17.9. The largest absolute Gasteiger partial charge is 0.381 e. The summed E-state index contributed by atoms with van der Waals surface area (Å²) in [6, 6.07) is 2.39. The Morgan fingerprint density at radius 1 is 1.24 bits per heavy atom. The molecule has 1 saturated heterocycles. The number of hydrogen-bond donors (Lipinski definition) is 1. The number of nitrogens with zero attached hydrogens (tertiary/aromatic N) is 2. The Bertz CT molecular complexity index is 671. The van der Waals surface area contributed by atoms with Crippen molar-refractivity contribution in [3.63, 3.8) is 0 Å². The molecule has 1 aliphatic rings. The first-order valence-corrected chi connectivity index (χ1v) is 7.15. The molecule has 0 unspecified atom stereocenters. The SMILES string of the molecule is NC1(c2nc(-c3ccc(F)c(F)c3Br)no2)CCOCC1. The molecule has 112 valence electrons. The molecule has 1 aromatic carbocycles. The van der Waals surface area contributed by atoms with E-state index in [9.17, 15) is 8.78 Å². The molecule has 2 N–H and O–H groups in total. The van der Waals surface area contributed by atoms with Crippen LogP contribution < -0.4 is 5.73 Å². The summed E-state index contributed by atoms with van der Waals surface area (Å²) in [6.07, 6.45) is 1.13. The lowest BCUT2D eigenvalue weighted by Gasteiger charge is -2.29. The Balaban J connectivity index is 1.97. The zero-order chi connectivity index (χ0) is 15.0. The predicted molar refractivity (Wildman–Crippen MR) is 73.3 cm³/mol. The van der Waals surface area contributed by atoms with Gasteiger partial charge < -0.3 is 15.0 Å². The lowest BCUT2D eigenvalue weighted by atomic mass is 9.91. The van der Waals surface area contributed by atoms with Gasteiger partial charge in [0.2, 0.25) is 11.7 Å². The lowest BCUT2D eigenvalue weighted by molar-refractivity contribution is 0.0400. The first kappa shape index (κ1) is 14.6. The maximum absolute atomic E-state index is 13.6. The third kappa shape index (κ3) is 2.58. The van der Waals surface area contributed by atoms with Crippen LogP contribution in [0.3, 0.4) is 0 Å². The Morgan fingerprint density at radius 3 is 2.67 bits per heavy atom. The van der Waals surface area contributed by atoms with Gasteiger partial charge in [-0.25, -0.2) is 8.78 Å². The van der Waals surface area contributed by atoms with E-state index in [-0.39, 0.29) is 16.2 Å². The molecule has 0 radical (unpaired) electrons. The second-order valence-electron chi connectivity index (χ2n) is 4.91. The van der Waals surface area contributed by atoms with Crippen molar-refractivity contribution in [2.75, 3.05) is 13.2 Å². The first-order chi connectivity index (χ1) is 10.0. The molecule has 2 heterocycles. The number of rotatable bonds is 2. The van der Waals surface area contributed by atoms with Gasteiger partial charge in [-0.05, 0) is 40.9 Å². The Hall–Kier alpha value is -1.38. The van der Waals surface area contributed by atoms with Gasteiger partial charge in [-0.3, -0.25) is 0 Å². The van der Waals surface area contributed by atoms with Crippen molar-refractivity contribution in [3.05, 3.63) is 34.1 Å². The number of aromatic nitrogens is 2. The van der Waals surface area contributed by atoms with E-state index in [1.165, 1.54) is 6.07 Å². The van der Waals surface area contributed by atoms with E-state index in [1.54, 1.807) is 0 Å².